The maximum atomic E-state index is 5.35. The van der Waals surface area contributed by atoms with Gasteiger partial charge in [-0.15, -0.1) is 18.6 Å². The molecular formula is C14H19NO. The Kier molecular flexibility index (Phi) is 4.65. The summed E-state index contributed by atoms with van der Waals surface area (Å²) in [5.41, 5.74) is 3.30. The van der Waals surface area contributed by atoms with Gasteiger partial charge in [0.05, 0.1) is 6.20 Å². The molecule has 2 heterocycles. The summed E-state index contributed by atoms with van der Waals surface area (Å²) in [6, 6.07) is 6.06. The van der Waals surface area contributed by atoms with Crippen molar-refractivity contribution in [2.75, 3.05) is 0 Å². The van der Waals surface area contributed by atoms with Crippen LogP contribution in [0.5, 0.6) is 0 Å². The van der Waals surface area contributed by atoms with Gasteiger partial charge in [-0.1, -0.05) is 39.3 Å². The Hall–Kier alpha value is -1.70. The molecule has 86 valence electrons. The largest absolute Gasteiger partial charge is 0.473 e. The van der Waals surface area contributed by atoms with Crippen LogP contribution < -0.4 is 4.57 Å². The predicted molar refractivity (Wildman–Crippen MR) is 67.8 cm³/mol. The number of aromatic nitrogens is 1. The van der Waals surface area contributed by atoms with Crippen molar-refractivity contribution in [3.05, 3.63) is 42.7 Å². The van der Waals surface area contributed by atoms with Crippen molar-refractivity contribution in [1.29, 1.82) is 0 Å². The van der Waals surface area contributed by atoms with Gasteiger partial charge in [-0.25, -0.2) is 8.98 Å². The van der Waals surface area contributed by atoms with Gasteiger partial charge in [0, 0.05) is 0 Å². The number of allylic oxidation sites excluding steroid dienone is 1. The summed E-state index contributed by atoms with van der Waals surface area (Å²) in [4.78, 5) is 0. The Morgan fingerprint density at radius 3 is 2.62 bits per heavy atom. The van der Waals surface area contributed by atoms with Gasteiger partial charge in [-0.2, -0.15) is 0 Å². The molecule has 0 unspecified atom stereocenters. The van der Waals surface area contributed by atoms with E-state index in [1.54, 1.807) is 6.39 Å². The van der Waals surface area contributed by atoms with Crippen molar-refractivity contribution in [1.82, 2.24) is 0 Å². The lowest BCUT2D eigenvalue weighted by molar-refractivity contribution is -0.546. The van der Waals surface area contributed by atoms with Crippen LogP contribution >= 0.6 is 0 Å². The van der Waals surface area contributed by atoms with E-state index in [0.29, 0.717) is 0 Å². The van der Waals surface area contributed by atoms with Crippen molar-refractivity contribution < 1.29 is 8.98 Å². The highest BCUT2D eigenvalue weighted by Crippen LogP contribution is 2.19. The molecule has 0 N–H and O–H groups in total. The van der Waals surface area contributed by atoms with Crippen molar-refractivity contribution >= 4 is 17.3 Å². The Balaban J connectivity index is 0.000000291. The monoisotopic (exact) mass is 217 g/mol. The standard InChI is InChI=1S/C10H7NO.2C2H6/c1-3-8-4-2-6-11-7-12-9(5-1)10(8)11;2*1-2/h1-7H;2*1-2H3. The van der Waals surface area contributed by atoms with Gasteiger partial charge < -0.3 is 0 Å². The fourth-order valence-electron chi connectivity index (χ4n) is 1.56. The van der Waals surface area contributed by atoms with E-state index in [1.165, 1.54) is 5.56 Å². The molecular weight excluding hydrogens is 198 g/mol. The first-order chi connectivity index (χ1) is 7.95. The highest BCUT2D eigenvalue weighted by molar-refractivity contribution is 5.76. The zero-order valence-electron chi connectivity index (χ0n) is 10.4. The highest BCUT2D eigenvalue weighted by Gasteiger charge is 2.15. The molecule has 0 saturated heterocycles. The quantitative estimate of drug-likeness (QED) is 0.372. The zero-order chi connectivity index (χ0) is 12.0. The number of benzene rings is 1. The average molecular weight is 217 g/mol. The minimum atomic E-state index is 0.938. The van der Waals surface area contributed by atoms with Crippen LogP contribution in [0.2, 0.25) is 0 Å². The lowest BCUT2D eigenvalue weighted by atomic mass is 10.1. The molecule has 0 bridgehead atoms. The third kappa shape index (κ3) is 2.11. The van der Waals surface area contributed by atoms with Gasteiger partial charge in [-0.3, -0.25) is 0 Å². The molecule has 0 amide bonds. The molecule has 1 aliphatic rings. The SMILES string of the molecule is C1=C[n+]2[cH-][o+]c3cccc(c32)[CH-]1.CC.CC. The molecule has 0 aliphatic carbocycles. The Bertz CT molecular complexity index is 469. The summed E-state index contributed by atoms with van der Waals surface area (Å²) >= 11 is 0. The molecule has 0 saturated carbocycles. The molecule has 0 spiro atoms. The number of hydrogen-bond donors (Lipinski definition) is 0. The predicted octanol–water partition coefficient (Wildman–Crippen LogP) is 3.81. The second-order valence-corrected chi connectivity index (χ2v) is 2.83. The first kappa shape index (κ1) is 12.4. The smallest absolute Gasteiger partial charge is 0.248 e. The lowest BCUT2D eigenvalue weighted by Crippen LogP contribution is -2.25. The molecule has 2 aromatic rings. The number of hydrogen-bond acceptors (Lipinski definition) is 0. The summed E-state index contributed by atoms with van der Waals surface area (Å²) in [7, 11) is 0. The molecule has 2 heteroatoms. The topological polar surface area (TPSA) is 15.2 Å². The Morgan fingerprint density at radius 1 is 1.12 bits per heavy atom. The van der Waals surface area contributed by atoms with Crippen LogP contribution in [0.1, 0.15) is 33.3 Å². The van der Waals surface area contributed by atoms with E-state index in [-0.39, 0.29) is 0 Å². The molecule has 2 nitrogen and oxygen atoms in total. The fourth-order valence-corrected chi connectivity index (χ4v) is 1.56. The molecule has 1 aromatic heterocycles. The zero-order valence-corrected chi connectivity index (χ0v) is 10.4. The first-order valence-corrected chi connectivity index (χ1v) is 5.88. The van der Waals surface area contributed by atoms with Gasteiger partial charge >= 0.3 is 12.0 Å². The van der Waals surface area contributed by atoms with Crippen LogP contribution in [-0.2, 0) is 0 Å². The van der Waals surface area contributed by atoms with Crippen LogP contribution in [0.3, 0.4) is 0 Å². The number of oxazole rings is 1. The summed E-state index contributed by atoms with van der Waals surface area (Å²) in [5, 5.41) is 0. The summed E-state index contributed by atoms with van der Waals surface area (Å²) in [6.07, 6.45) is 7.80. The second-order valence-electron chi connectivity index (χ2n) is 2.83. The van der Waals surface area contributed by atoms with E-state index in [4.69, 9.17) is 4.42 Å². The molecule has 0 fully saturated rings. The van der Waals surface area contributed by atoms with Crippen molar-refractivity contribution in [3.63, 3.8) is 0 Å². The van der Waals surface area contributed by atoms with E-state index in [0.717, 1.165) is 11.1 Å². The normalized spacial score (nSPS) is 10.8. The summed E-state index contributed by atoms with van der Waals surface area (Å²) < 4.78 is 7.34. The van der Waals surface area contributed by atoms with Gasteiger partial charge in [0.2, 0.25) is 0 Å². The molecule has 1 aliphatic heterocycles. The van der Waals surface area contributed by atoms with Crippen molar-refractivity contribution in [2.45, 2.75) is 27.7 Å². The van der Waals surface area contributed by atoms with Crippen LogP contribution in [0.15, 0.2) is 35.1 Å². The average Bonchev–Trinajstić information content (AvgIpc) is 2.81. The van der Waals surface area contributed by atoms with E-state index in [1.807, 2.05) is 56.7 Å². The highest BCUT2D eigenvalue weighted by atomic mass is 16.3. The molecule has 0 radical (unpaired) electrons. The lowest BCUT2D eigenvalue weighted by Gasteiger charge is -2.05. The van der Waals surface area contributed by atoms with E-state index in [9.17, 15) is 0 Å². The van der Waals surface area contributed by atoms with E-state index in [2.05, 4.69) is 12.5 Å². The van der Waals surface area contributed by atoms with Crippen LogP contribution in [0, 0.1) is 6.42 Å². The summed E-state index contributed by atoms with van der Waals surface area (Å²) in [6.45, 7) is 8.00. The fraction of sp³-hybridized carbons (Fsp3) is 0.286. The van der Waals surface area contributed by atoms with E-state index < -0.39 is 0 Å². The Labute approximate surface area is 97.2 Å². The molecule has 3 rings (SSSR count). The second kappa shape index (κ2) is 6.01. The van der Waals surface area contributed by atoms with Crippen molar-refractivity contribution in [3.8, 4) is 0 Å². The third-order valence-electron chi connectivity index (χ3n) is 2.10. The maximum Gasteiger partial charge on any atom is 0.473 e. The first-order valence-electron chi connectivity index (χ1n) is 5.88. The van der Waals surface area contributed by atoms with Crippen LogP contribution in [0.25, 0.3) is 17.3 Å². The summed E-state index contributed by atoms with van der Waals surface area (Å²) in [5.74, 6) is 0. The Morgan fingerprint density at radius 2 is 1.88 bits per heavy atom. The van der Waals surface area contributed by atoms with Crippen molar-refractivity contribution in [2.24, 2.45) is 0 Å². The molecule has 1 aromatic carbocycles. The minimum Gasteiger partial charge on any atom is -0.248 e. The van der Waals surface area contributed by atoms with Gasteiger partial charge in [0.1, 0.15) is 0 Å². The van der Waals surface area contributed by atoms with Crippen LogP contribution in [-0.4, -0.2) is 0 Å². The number of rotatable bonds is 0. The van der Waals surface area contributed by atoms with Gasteiger partial charge in [0.25, 0.3) is 0 Å². The van der Waals surface area contributed by atoms with E-state index >= 15 is 0 Å². The van der Waals surface area contributed by atoms with Gasteiger partial charge in [-0.05, 0) is 6.07 Å². The molecule has 16 heavy (non-hydrogen) atoms. The van der Waals surface area contributed by atoms with Gasteiger partial charge in [0.15, 0.2) is 5.52 Å². The number of nitrogens with zero attached hydrogens (tertiary/aromatic N) is 1. The third-order valence-corrected chi connectivity index (χ3v) is 2.10. The number of para-hydroxylation sites is 1. The molecule has 0 atom stereocenters. The maximum absolute atomic E-state index is 5.35. The van der Waals surface area contributed by atoms with Crippen LogP contribution in [0.4, 0.5) is 0 Å². The minimum absolute atomic E-state index is 0.938.